The first-order valence-corrected chi connectivity index (χ1v) is 11.5. The number of esters is 1. The number of carboxylic acids is 1. The Morgan fingerprint density at radius 1 is 1.06 bits per heavy atom. The van der Waals surface area contributed by atoms with Gasteiger partial charge in [0, 0.05) is 4.47 Å². The predicted molar refractivity (Wildman–Crippen MR) is 127 cm³/mol. The Hall–Kier alpha value is -2.09. The number of methoxy groups -OCH3 is 1. The second kappa shape index (κ2) is 11.2. The van der Waals surface area contributed by atoms with Crippen LogP contribution >= 0.6 is 15.9 Å². The Balaban J connectivity index is 2.83. The minimum Gasteiger partial charge on any atom is -0.480 e. The quantitative estimate of drug-likeness (QED) is 0.318. The molecular formula is C24H36BrNO6. The third kappa shape index (κ3) is 8.11. The number of nitrogens with one attached hydrogen (secondary N) is 1. The molecule has 2 unspecified atom stereocenters. The molecule has 180 valence electrons. The van der Waals surface area contributed by atoms with E-state index in [0.717, 1.165) is 10.0 Å². The number of hydrogen-bond donors (Lipinski definition) is 2. The van der Waals surface area contributed by atoms with Crippen molar-refractivity contribution in [3.8, 4) is 0 Å². The normalized spacial score (nSPS) is 14.8. The fraction of sp³-hybridized carbons (Fsp3) is 0.625. The lowest BCUT2D eigenvalue weighted by molar-refractivity contribution is -0.147. The van der Waals surface area contributed by atoms with Gasteiger partial charge in [-0.05, 0) is 63.6 Å². The second-order valence-electron chi connectivity index (χ2n) is 9.95. The molecule has 0 saturated carbocycles. The van der Waals surface area contributed by atoms with Crippen LogP contribution in [0.1, 0.15) is 72.8 Å². The molecule has 7 nitrogen and oxygen atoms in total. The van der Waals surface area contributed by atoms with Crippen LogP contribution in [0.25, 0.3) is 0 Å². The van der Waals surface area contributed by atoms with E-state index in [0.29, 0.717) is 25.7 Å². The number of aliphatic carboxylic acids is 1. The Morgan fingerprint density at radius 3 is 2.16 bits per heavy atom. The van der Waals surface area contributed by atoms with E-state index < -0.39 is 34.5 Å². The van der Waals surface area contributed by atoms with Gasteiger partial charge in [-0.1, -0.05) is 54.8 Å². The summed E-state index contributed by atoms with van der Waals surface area (Å²) < 4.78 is 11.2. The molecule has 0 spiro atoms. The molecule has 0 aromatic heterocycles. The highest BCUT2D eigenvalue weighted by Gasteiger charge is 2.39. The number of hydrogen-bond acceptors (Lipinski definition) is 5. The summed E-state index contributed by atoms with van der Waals surface area (Å²) in [5, 5.41) is 12.2. The van der Waals surface area contributed by atoms with Gasteiger partial charge in [0.15, 0.2) is 0 Å². The molecule has 0 saturated heterocycles. The molecule has 0 aliphatic carbocycles. The zero-order chi connectivity index (χ0) is 24.7. The van der Waals surface area contributed by atoms with Crippen LogP contribution in [0.5, 0.6) is 0 Å². The number of carbonyl (C=O) groups is 3. The molecule has 0 aliphatic rings. The summed E-state index contributed by atoms with van der Waals surface area (Å²) in [5.41, 5.74) is -1.40. The van der Waals surface area contributed by atoms with Crippen LogP contribution in [0.2, 0.25) is 0 Å². The first kappa shape index (κ1) is 27.9. The van der Waals surface area contributed by atoms with Crippen molar-refractivity contribution < 1.29 is 29.0 Å². The van der Waals surface area contributed by atoms with E-state index in [1.54, 1.807) is 34.6 Å². The molecule has 1 aromatic rings. The van der Waals surface area contributed by atoms with Crippen molar-refractivity contribution in [2.24, 2.45) is 5.41 Å². The largest absolute Gasteiger partial charge is 0.480 e. The summed E-state index contributed by atoms with van der Waals surface area (Å²) in [7, 11) is 1.38. The highest BCUT2D eigenvalue weighted by atomic mass is 79.9. The van der Waals surface area contributed by atoms with Crippen LogP contribution in [0.3, 0.4) is 0 Å². The van der Waals surface area contributed by atoms with Gasteiger partial charge in [0.1, 0.15) is 11.6 Å². The molecule has 32 heavy (non-hydrogen) atoms. The number of halogens is 1. The van der Waals surface area contributed by atoms with Gasteiger partial charge in [-0.2, -0.15) is 0 Å². The van der Waals surface area contributed by atoms with E-state index in [4.69, 9.17) is 9.47 Å². The minimum absolute atomic E-state index is 0.315. The third-order valence-corrected chi connectivity index (χ3v) is 6.03. The van der Waals surface area contributed by atoms with Gasteiger partial charge in [-0.15, -0.1) is 0 Å². The Labute approximate surface area is 199 Å². The summed E-state index contributed by atoms with van der Waals surface area (Å²) in [4.78, 5) is 36.6. The average Bonchev–Trinajstić information content (AvgIpc) is 2.67. The highest BCUT2D eigenvalue weighted by Crippen LogP contribution is 2.35. The van der Waals surface area contributed by atoms with E-state index >= 15 is 0 Å². The maximum Gasteiger partial charge on any atom is 0.408 e. The lowest BCUT2D eigenvalue weighted by Crippen LogP contribution is -2.51. The van der Waals surface area contributed by atoms with Crippen LogP contribution in [0.4, 0.5) is 4.79 Å². The van der Waals surface area contributed by atoms with E-state index in [1.807, 2.05) is 31.2 Å². The molecule has 0 fully saturated rings. The maximum absolute atomic E-state index is 12.6. The number of benzene rings is 1. The van der Waals surface area contributed by atoms with Gasteiger partial charge in [-0.25, -0.2) is 9.59 Å². The summed E-state index contributed by atoms with van der Waals surface area (Å²) in [6.07, 6.45) is 1.68. The number of alkyl carbamates (subject to hydrolysis) is 1. The summed E-state index contributed by atoms with van der Waals surface area (Å²) >= 11 is 3.45. The number of carbonyl (C=O) groups excluding carboxylic acids is 2. The van der Waals surface area contributed by atoms with Crippen molar-refractivity contribution in [1.82, 2.24) is 5.32 Å². The summed E-state index contributed by atoms with van der Waals surface area (Å²) in [5.74, 6) is -1.43. The first-order chi connectivity index (χ1) is 14.6. The van der Waals surface area contributed by atoms with Gasteiger partial charge in [-0.3, -0.25) is 4.79 Å². The monoisotopic (exact) mass is 513 g/mol. The molecule has 8 heteroatoms. The Bertz CT molecular complexity index is 817. The van der Waals surface area contributed by atoms with E-state index in [1.165, 1.54) is 7.11 Å². The third-order valence-electron chi connectivity index (χ3n) is 5.54. The number of carboxylic acid groups (broad SMARTS) is 1. The number of amides is 1. The van der Waals surface area contributed by atoms with Crippen LogP contribution in [0.15, 0.2) is 28.7 Å². The van der Waals surface area contributed by atoms with Crippen molar-refractivity contribution in [3.63, 3.8) is 0 Å². The van der Waals surface area contributed by atoms with E-state index in [9.17, 15) is 19.5 Å². The van der Waals surface area contributed by atoms with Crippen LogP contribution in [-0.2, 0) is 24.5 Å². The van der Waals surface area contributed by atoms with Gasteiger partial charge < -0.3 is 19.9 Å². The fourth-order valence-corrected chi connectivity index (χ4v) is 4.04. The first-order valence-electron chi connectivity index (χ1n) is 10.7. The fourth-order valence-electron chi connectivity index (χ4n) is 3.64. The molecule has 1 rings (SSSR count). The van der Waals surface area contributed by atoms with Gasteiger partial charge in [0.25, 0.3) is 0 Å². The van der Waals surface area contributed by atoms with Crippen molar-refractivity contribution in [1.29, 1.82) is 0 Å². The lowest BCUT2D eigenvalue weighted by Gasteiger charge is -2.33. The van der Waals surface area contributed by atoms with E-state index in [-0.39, 0.29) is 5.97 Å². The molecule has 2 N–H and O–H groups in total. The van der Waals surface area contributed by atoms with Crippen molar-refractivity contribution in [2.75, 3.05) is 7.11 Å². The predicted octanol–water partition coefficient (Wildman–Crippen LogP) is 5.44. The second-order valence-corrected chi connectivity index (χ2v) is 10.9. The van der Waals surface area contributed by atoms with Gasteiger partial charge >= 0.3 is 18.0 Å². The van der Waals surface area contributed by atoms with E-state index in [2.05, 4.69) is 21.2 Å². The zero-order valence-corrected chi connectivity index (χ0v) is 21.7. The zero-order valence-electron chi connectivity index (χ0n) is 20.1. The smallest absolute Gasteiger partial charge is 0.408 e. The number of ether oxygens (including phenoxy) is 2. The SMILES string of the molecule is COC(=O)C(C)(CCCCC(C)(C)C(NC(=O)OC(C)(C)C)C(=O)O)c1cccc(Br)c1. The standard InChI is InChI=1S/C24H36BrNO6/c1-22(2,3)32-21(30)26-18(19(27)28)23(4,5)13-8-9-14-24(6,20(29)31-7)16-11-10-12-17(25)15-16/h10-12,15,18H,8-9,13-14H2,1-7H3,(H,26,30)(H,27,28). The summed E-state index contributed by atoms with van der Waals surface area (Å²) in [6, 6.07) is 6.48. The molecule has 1 amide bonds. The maximum atomic E-state index is 12.6. The molecule has 0 bridgehead atoms. The highest BCUT2D eigenvalue weighted by molar-refractivity contribution is 9.10. The van der Waals surface area contributed by atoms with Crippen molar-refractivity contribution in [3.05, 3.63) is 34.3 Å². The number of unbranched alkanes of at least 4 members (excludes halogenated alkanes) is 1. The molecule has 0 heterocycles. The number of rotatable bonds is 10. The Kier molecular flexibility index (Phi) is 9.75. The van der Waals surface area contributed by atoms with Gasteiger partial charge in [0.05, 0.1) is 12.5 Å². The Morgan fingerprint density at radius 2 is 1.66 bits per heavy atom. The van der Waals surface area contributed by atoms with Gasteiger partial charge in [0.2, 0.25) is 0 Å². The molecule has 2 atom stereocenters. The molecule has 0 aliphatic heterocycles. The summed E-state index contributed by atoms with van der Waals surface area (Å²) in [6.45, 7) is 10.6. The molecule has 1 aromatic carbocycles. The van der Waals surface area contributed by atoms with Crippen molar-refractivity contribution in [2.45, 2.75) is 84.3 Å². The lowest BCUT2D eigenvalue weighted by atomic mass is 9.75. The van der Waals surface area contributed by atoms with Crippen LogP contribution < -0.4 is 5.32 Å². The van der Waals surface area contributed by atoms with Crippen molar-refractivity contribution >= 4 is 34.0 Å². The molecular weight excluding hydrogens is 478 g/mol. The topological polar surface area (TPSA) is 102 Å². The average molecular weight is 514 g/mol. The van der Waals surface area contributed by atoms with Crippen LogP contribution in [-0.4, -0.2) is 41.9 Å². The molecule has 0 radical (unpaired) electrons. The van der Waals surface area contributed by atoms with Crippen LogP contribution in [0, 0.1) is 5.41 Å². The minimum atomic E-state index is -1.12.